The molecule has 0 heterocycles. The van der Waals surface area contributed by atoms with Crippen LogP contribution in [-0.4, -0.2) is 5.11 Å². The van der Waals surface area contributed by atoms with Crippen molar-refractivity contribution >= 4 is 0 Å². The van der Waals surface area contributed by atoms with Gasteiger partial charge in [0.1, 0.15) is 0 Å². The first-order valence-corrected chi connectivity index (χ1v) is 8.79. The minimum Gasteiger partial charge on any atom is -0.385 e. The first-order chi connectivity index (χ1) is 11.8. The molecule has 1 nitrogen and oxygen atoms in total. The van der Waals surface area contributed by atoms with E-state index in [2.05, 4.69) is 0 Å². The Morgan fingerprint density at radius 1 is 0.840 bits per heavy atom. The molecule has 4 heteroatoms. The Balaban J connectivity index is 1.85. The molecule has 25 heavy (non-hydrogen) atoms. The highest BCUT2D eigenvalue weighted by Crippen LogP contribution is 2.39. The molecule has 0 saturated heterocycles. The van der Waals surface area contributed by atoms with Crippen LogP contribution in [0.4, 0.5) is 13.2 Å². The summed E-state index contributed by atoms with van der Waals surface area (Å²) in [7, 11) is 0. The zero-order valence-corrected chi connectivity index (χ0v) is 14.3. The summed E-state index contributed by atoms with van der Waals surface area (Å²) in [6, 6.07) is 12.6. The maximum atomic E-state index is 12.9. The van der Waals surface area contributed by atoms with E-state index in [1.54, 1.807) is 18.2 Å². The van der Waals surface area contributed by atoms with Crippen LogP contribution < -0.4 is 0 Å². The van der Waals surface area contributed by atoms with E-state index in [4.69, 9.17) is 0 Å². The second-order valence-electron chi connectivity index (χ2n) is 7.14. The molecular formula is C21H23F3O. The molecule has 1 N–H and O–H groups in total. The Hall–Kier alpha value is -1.81. The Bertz CT molecular complexity index is 711. The molecule has 2 aromatic carbocycles. The molecule has 1 aliphatic rings. The fourth-order valence-corrected chi connectivity index (χ4v) is 3.78. The van der Waals surface area contributed by atoms with Crippen LogP contribution >= 0.6 is 0 Å². The second-order valence-corrected chi connectivity index (χ2v) is 7.14. The van der Waals surface area contributed by atoms with Gasteiger partial charge in [0, 0.05) is 0 Å². The number of hydrogen-bond donors (Lipinski definition) is 1. The maximum absolute atomic E-state index is 12.9. The van der Waals surface area contributed by atoms with Gasteiger partial charge in [-0.15, -0.1) is 0 Å². The normalized spacial score (nSPS) is 18.8. The molecule has 0 aromatic heterocycles. The molecule has 0 bridgehead atoms. The zero-order valence-electron chi connectivity index (χ0n) is 14.3. The van der Waals surface area contributed by atoms with E-state index < -0.39 is 17.3 Å². The van der Waals surface area contributed by atoms with Crippen LogP contribution in [0.3, 0.4) is 0 Å². The van der Waals surface area contributed by atoms with E-state index in [0.717, 1.165) is 43.4 Å². The van der Waals surface area contributed by atoms with Crippen molar-refractivity contribution in [3.63, 3.8) is 0 Å². The zero-order chi connectivity index (χ0) is 18.1. The van der Waals surface area contributed by atoms with Crippen LogP contribution in [0.25, 0.3) is 11.1 Å². The number of alkyl halides is 3. The number of benzene rings is 2. The topological polar surface area (TPSA) is 20.2 Å². The minimum atomic E-state index is -4.35. The highest BCUT2D eigenvalue weighted by molar-refractivity contribution is 5.64. The molecule has 3 rings (SSSR count). The Morgan fingerprint density at radius 3 is 2.08 bits per heavy atom. The quantitative estimate of drug-likeness (QED) is 0.704. The highest BCUT2D eigenvalue weighted by atomic mass is 19.4. The summed E-state index contributed by atoms with van der Waals surface area (Å²) >= 11 is 0. The van der Waals surface area contributed by atoms with Crippen LogP contribution in [0.2, 0.25) is 0 Å². The van der Waals surface area contributed by atoms with Gasteiger partial charge in [-0.1, -0.05) is 55.7 Å². The Labute approximate surface area is 146 Å². The third kappa shape index (κ3) is 3.90. The molecule has 0 amide bonds. The van der Waals surface area contributed by atoms with E-state index in [0.29, 0.717) is 11.1 Å². The van der Waals surface area contributed by atoms with Gasteiger partial charge in [0.25, 0.3) is 0 Å². The molecule has 2 aromatic rings. The summed E-state index contributed by atoms with van der Waals surface area (Å²) in [6.45, 7) is 1.85. The standard InChI is InChI=1S/C21H23F3O/c1-20(25,17-7-3-2-4-8-17)18-12-10-15(11-13-18)16-6-5-9-19(14-16)21(22,23)24/h5-6,9-14,17,25H,2-4,7-8H2,1H3. The third-order valence-corrected chi connectivity index (χ3v) is 5.39. The fourth-order valence-electron chi connectivity index (χ4n) is 3.78. The number of aliphatic hydroxyl groups is 1. The van der Waals surface area contributed by atoms with Crippen LogP contribution in [0, 0.1) is 5.92 Å². The van der Waals surface area contributed by atoms with Gasteiger partial charge in [-0.25, -0.2) is 0 Å². The molecule has 1 saturated carbocycles. The minimum absolute atomic E-state index is 0.237. The van der Waals surface area contributed by atoms with Crippen LogP contribution in [0.5, 0.6) is 0 Å². The molecule has 0 spiro atoms. The summed E-state index contributed by atoms with van der Waals surface area (Å²) in [4.78, 5) is 0. The van der Waals surface area contributed by atoms with Crippen molar-refractivity contribution in [2.24, 2.45) is 5.92 Å². The SMILES string of the molecule is CC(O)(c1ccc(-c2cccc(C(F)(F)F)c2)cc1)C1CCCCC1. The fraction of sp³-hybridized carbons (Fsp3) is 0.429. The predicted molar refractivity (Wildman–Crippen MR) is 93.0 cm³/mol. The van der Waals surface area contributed by atoms with Crippen molar-refractivity contribution in [3.8, 4) is 11.1 Å². The first-order valence-electron chi connectivity index (χ1n) is 8.79. The summed E-state index contributed by atoms with van der Waals surface area (Å²) in [5.41, 5.74) is 0.527. The van der Waals surface area contributed by atoms with Gasteiger partial charge in [-0.05, 0) is 54.5 Å². The lowest BCUT2D eigenvalue weighted by atomic mass is 9.74. The summed E-state index contributed by atoms with van der Waals surface area (Å²) in [5.74, 6) is 0.237. The number of rotatable bonds is 3. The van der Waals surface area contributed by atoms with E-state index in [1.807, 2.05) is 19.1 Å². The molecule has 0 radical (unpaired) electrons. The van der Waals surface area contributed by atoms with Crippen LogP contribution in [0.15, 0.2) is 48.5 Å². The van der Waals surface area contributed by atoms with E-state index >= 15 is 0 Å². The molecule has 1 atom stereocenters. The van der Waals surface area contributed by atoms with Crippen molar-refractivity contribution in [2.75, 3.05) is 0 Å². The first kappa shape index (κ1) is 18.0. The monoisotopic (exact) mass is 348 g/mol. The van der Waals surface area contributed by atoms with Gasteiger partial charge in [-0.2, -0.15) is 13.2 Å². The lowest BCUT2D eigenvalue weighted by Crippen LogP contribution is -2.33. The predicted octanol–water partition coefficient (Wildman–Crippen LogP) is 6.16. The van der Waals surface area contributed by atoms with Crippen LogP contribution in [0.1, 0.15) is 50.2 Å². The van der Waals surface area contributed by atoms with Gasteiger partial charge in [0.2, 0.25) is 0 Å². The third-order valence-electron chi connectivity index (χ3n) is 5.39. The van der Waals surface area contributed by atoms with E-state index in [9.17, 15) is 18.3 Å². The average Bonchev–Trinajstić information content (AvgIpc) is 2.62. The van der Waals surface area contributed by atoms with E-state index in [-0.39, 0.29) is 5.92 Å². The van der Waals surface area contributed by atoms with E-state index in [1.165, 1.54) is 12.5 Å². The van der Waals surface area contributed by atoms with Gasteiger partial charge < -0.3 is 5.11 Å². The molecule has 1 fully saturated rings. The van der Waals surface area contributed by atoms with Gasteiger partial charge in [0.15, 0.2) is 0 Å². The van der Waals surface area contributed by atoms with Crippen molar-refractivity contribution in [2.45, 2.75) is 50.8 Å². The van der Waals surface area contributed by atoms with Crippen LogP contribution in [-0.2, 0) is 11.8 Å². The van der Waals surface area contributed by atoms with Gasteiger partial charge >= 0.3 is 6.18 Å². The molecule has 1 unspecified atom stereocenters. The van der Waals surface area contributed by atoms with Gasteiger partial charge in [0.05, 0.1) is 11.2 Å². The smallest absolute Gasteiger partial charge is 0.385 e. The summed E-state index contributed by atoms with van der Waals surface area (Å²) in [6.07, 6.45) is 1.19. The number of hydrogen-bond acceptors (Lipinski definition) is 1. The second kappa shape index (κ2) is 6.83. The molecule has 0 aliphatic heterocycles. The summed E-state index contributed by atoms with van der Waals surface area (Å²) in [5, 5.41) is 11.0. The molecule has 1 aliphatic carbocycles. The van der Waals surface area contributed by atoms with Crippen molar-refractivity contribution in [3.05, 3.63) is 59.7 Å². The van der Waals surface area contributed by atoms with Crippen molar-refractivity contribution in [1.29, 1.82) is 0 Å². The Kier molecular flexibility index (Phi) is 4.92. The highest BCUT2D eigenvalue weighted by Gasteiger charge is 2.34. The molecule has 134 valence electrons. The number of halogens is 3. The van der Waals surface area contributed by atoms with Gasteiger partial charge in [-0.3, -0.25) is 0 Å². The van der Waals surface area contributed by atoms with Crippen molar-refractivity contribution < 1.29 is 18.3 Å². The largest absolute Gasteiger partial charge is 0.416 e. The maximum Gasteiger partial charge on any atom is 0.416 e. The Morgan fingerprint density at radius 2 is 1.48 bits per heavy atom. The summed E-state index contributed by atoms with van der Waals surface area (Å²) < 4.78 is 38.6. The lowest BCUT2D eigenvalue weighted by Gasteiger charge is -2.36. The lowest BCUT2D eigenvalue weighted by molar-refractivity contribution is -0.137. The average molecular weight is 348 g/mol. The molecular weight excluding hydrogens is 325 g/mol. The van der Waals surface area contributed by atoms with Crippen molar-refractivity contribution in [1.82, 2.24) is 0 Å².